The van der Waals surface area contributed by atoms with Crippen LogP contribution in [0.2, 0.25) is 0 Å². The Hall–Kier alpha value is -3.56. The second kappa shape index (κ2) is 24.6. The molecular weight excluding hydrogens is 668 g/mol. The summed E-state index contributed by atoms with van der Waals surface area (Å²) in [5, 5.41) is 37.2. The third kappa shape index (κ3) is 16.4. The van der Waals surface area contributed by atoms with Crippen LogP contribution in [0.3, 0.4) is 0 Å². The molecule has 0 aliphatic carbocycles. The highest BCUT2D eigenvalue weighted by molar-refractivity contribution is 5.20. The summed E-state index contributed by atoms with van der Waals surface area (Å²) < 4.78 is 52.7. The fourth-order valence-electron chi connectivity index (χ4n) is 7.08. The monoisotopic (exact) mass is 724 g/mol. The highest BCUT2D eigenvalue weighted by atomic mass is 19.1. The molecule has 0 amide bonds. The Morgan fingerprint density at radius 3 is 0.750 bits per heavy atom. The molecule has 8 heteroatoms. The van der Waals surface area contributed by atoms with Crippen LogP contribution >= 0.6 is 0 Å². The van der Waals surface area contributed by atoms with Gasteiger partial charge in [-0.25, -0.2) is 17.6 Å². The molecular formula is C44H56F4O4. The van der Waals surface area contributed by atoms with Crippen LogP contribution in [0.15, 0.2) is 97.1 Å². The Kier molecular flexibility index (Phi) is 20.3. The van der Waals surface area contributed by atoms with E-state index in [1.165, 1.54) is 48.5 Å². The van der Waals surface area contributed by atoms with E-state index in [1.807, 2.05) is 24.3 Å². The average molecular weight is 725 g/mol. The lowest BCUT2D eigenvalue weighted by atomic mass is 9.78. The highest BCUT2D eigenvalue weighted by Gasteiger charge is 2.23. The van der Waals surface area contributed by atoms with Crippen LogP contribution in [-0.2, 0) is 25.7 Å². The lowest BCUT2D eigenvalue weighted by Crippen LogP contribution is -2.21. The summed E-state index contributed by atoms with van der Waals surface area (Å²) in [5.74, 6) is 0.112. The maximum Gasteiger partial charge on any atom is 0.123 e. The largest absolute Gasteiger partial charge is 0.396 e. The molecule has 52 heavy (non-hydrogen) atoms. The van der Waals surface area contributed by atoms with Gasteiger partial charge in [0.1, 0.15) is 23.3 Å². The van der Waals surface area contributed by atoms with Crippen molar-refractivity contribution in [2.45, 2.75) is 77.0 Å². The van der Waals surface area contributed by atoms with Crippen molar-refractivity contribution in [2.24, 2.45) is 23.7 Å². The van der Waals surface area contributed by atoms with E-state index in [0.29, 0.717) is 24.7 Å². The molecule has 0 spiro atoms. The fourth-order valence-corrected chi connectivity index (χ4v) is 7.08. The molecule has 0 aromatic heterocycles. The first-order valence-corrected chi connectivity index (χ1v) is 18.7. The zero-order valence-electron chi connectivity index (χ0n) is 30.2. The molecule has 0 heterocycles. The van der Waals surface area contributed by atoms with E-state index in [4.69, 9.17) is 10.2 Å². The van der Waals surface area contributed by atoms with E-state index < -0.39 is 0 Å². The van der Waals surface area contributed by atoms with Gasteiger partial charge in [-0.1, -0.05) is 61.4 Å². The Balaban J connectivity index is 0.000000280. The van der Waals surface area contributed by atoms with Crippen molar-refractivity contribution in [3.63, 3.8) is 0 Å². The maximum atomic E-state index is 13.2. The summed E-state index contributed by atoms with van der Waals surface area (Å²) in [6, 6.07) is 26.2. The number of rotatable bonds is 22. The van der Waals surface area contributed by atoms with Crippen LogP contribution in [0.5, 0.6) is 0 Å². The van der Waals surface area contributed by atoms with Gasteiger partial charge in [0.05, 0.1) is 0 Å². The van der Waals surface area contributed by atoms with Crippen molar-refractivity contribution in [3.05, 3.63) is 143 Å². The van der Waals surface area contributed by atoms with Crippen molar-refractivity contribution in [1.29, 1.82) is 0 Å². The van der Waals surface area contributed by atoms with E-state index in [9.17, 15) is 27.8 Å². The van der Waals surface area contributed by atoms with Crippen molar-refractivity contribution < 1.29 is 38.0 Å². The summed E-state index contributed by atoms with van der Waals surface area (Å²) in [7, 11) is 0. The third-order valence-corrected chi connectivity index (χ3v) is 9.94. The smallest absolute Gasteiger partial charge is 0.123 e. The first kappa shape index (κ1) is 42.8. The summed E-state index contributed by atoms with van der Waals surface area (Å²) in [4.78, 5) is 0. The van der Waals surface area contributed by atoms with Gasteiger partial charge >= 0.3 is 0 Å². The minimum Gasteiger partial charge on any atom is -0.396 e. The Labute approximate surface area is 307 Å². The molecule has 0 radical (unpaired) electrons. The molecule has 0 saturated heterocycles. The van der Waals surface area contributed by atoms with Crippen LogP contribution in [0.4, 0.5) is 17.6 Å². The molecule has 4 N–H and O–H groups in total. The quantitative estimate of drug-likeness (QED) is 0.0482. The minimum absolute atomic E-state index is 0.103. The lowest BCUT2D eigenvalue weighted by molar-refractivity contribution is 0.203. The predicted octanol–water partition coefficient (Wildman–Crippen LogP) is 9.05. The van der Waals surface area contributed by atoms with Gasteiger partial charge in [0, 0.05) is 26.4 Å². The molecule has 0 bridgehead atoms. The van der Waals surface area contributed by atoms with Gasteiger partial charge in [-0.15, -0.1) is 0 Å². The highest BCUT2D eigenvalue weighted by Crippen LogP contribution is 2.31. The zero-order chi connectivity index (χ0) is 37.6. The van der Waals surface area contributed by atoms with E-state index >= 15 is 0 Å². The lowest BCUT2D eigenvalue weighted by Gasteiger charge is -2.27. The van der Waals surface area contributed by atoms with Crippen LogP contribution < -0.4 is 0 Å². The number of benzene rings is 4. The van der Waals surface area contributed by atoms with Gasteiger partial charge in [-0.3, -0.25) is 0 Å². The normalized spacial score (nSPS) is 13.5. The molecule has 284 valence electrons. The van der Waals surface area contributed by atoms with Gasteiger partial charge in [-0.05, 0) is 159 Å². The molecule has 4 atom stereocenters. The summed E-state index contributed by atoms with van der Waals surface area (Å²) >= 11 is 0. The van der Waals surface area contributed by atoms with Gasteiger partial charge in [0.2, 0.25) is 0 Å². The Bertz CT molecular complexity index is 1370. The van der Waals surface area contributed by atoms with Crippen molar-refractivity contribution in [3.8, 4) is 0 Å². The minimum atomic E-state index is -0.252. The number of hydrogen-bond acceptors (Lipinski definition) is 4. The summed E-state index contributed by atoms with van der Waals surface area (Å²) in [5.41, 5.74) is 4.25. The molecule has 0 fully saturated rings. The molecule has 0 unspecified atom stereocenters. The topological polar surface area (TPSA) is 80.9 Å². The molecule has 0 aliphatic heterocycles. The summed E-state index contributed by atoms with van der Waals surface area (Å²) in [6.07, 6.45) is 9.68. The third-order valence-electron chi connectivity index (χ3n) is 9.94. The first-order chi connectivity index (χ1) is 25.2. The fraction of sp³-hybridized carbons (Fsp3) is 0.455. The number of aliphatic hydroxyl groups excluding tert-OH is 4. The van der Waals surface area contributed by atoms with E-state index in [1.54, 1.807) is 24.3 Å². The second-order valence-electron chi connectivity index (χ2n) is 13.8. The van der Waals surface area contributed by atoms with Gasteiger partial charge in [0.15, 0.2) is 0 Å². The second-order valence-corrected chi connectivity index (χ2v) is 13.8. The van der Waals surface area contributed by atoms with Crippen molar-refractivity contribution in [2.75, 3.05) is 26.4 Å². The molecule has 4 aromatic rings. The van der Waals surface area contributed by atoms with Crippen LogP contribution in [0.25, 0.3) is 0 Å². The Morgan fingerprint density at radius 1 is 0.308 bits per heavy atom. The summed E-state index contributed by atoms with van der Waals surface area (Å²) in [6.45, 7) is 0.551. The van der Waals surface area contributed by atoms with E-state index in [0.717, 1.165) is 86.5 Å². The standard InChI is InChI=1S/2C22H28F2O2/c2*23-21-8-4-17(5-9-21)15-19(3-1-2-13-25)20(12-14-26)16-18-6-10-22(24)11-7-18/h2*4-11,19-20,25-26H,1-3,12-16H2/t2*19-,20-/m10/s1. The zero-order valence-corrected chi connectivity index (χ0v) is 30.2. The molecule has 4 nitrogen and oxygen atoms in total. The van der Waals surface area contributed by atoms with Crippen molar-refractivity contribution >= 4 is 0 Å². The van der Waals surface area contributed by atoms with Crippen LogP contribution in [0, 0.1) is 46.9 Å². The van der Waals surface area contributed by atoms with Gasteiger partial charge in [-0.2, -0.15) is 0 Å². The van der Waals surface area contributed by atoms with Crippen molar-refractivity contribution in [1.82, 2.24) is 0 Å². The number of unbranched alkanes of at least 4 members (excludes halogenated alkanes) is 2. The number of aliphatic hydroxyl groups is 4. The van der Waals surface area contributed by atoms with Gasteiger partial charge < -0.3 is 20.4 Å². The number of hydrogen-bond donors (Lipinski definition) is 4. The molecule has 4 rings (SSSR count). The van der Waals surface area contributed by atoms with Crippen LogP contribution in [-0.4, -0.2) is 46.9 Å². The molecule has 0 aliphatic rings. The molecule has 4 aromatic carbocycles. The maximum absolute atomic E-state index is 13.2. The average Bonchev–Trinajstić information content (AvgIpc) is 3.14. The predicted molar refractivity (Wildman–Crippen MR) is 200 cm³/mol. The van der Waals surface area contributed by atoms with E-state index in [-0.39, 0.29) is 61.5 Å². The first-order valence-electron chi connectivity index (χ1n) is 18.7. The number of halogens is 4. The van der Waals surface area contributed by atoms with Gasteiger partial charge in [0.25, 0.3) is 0 Å². The Morgan fingerprint density at radius 2 is 0.538 bits per heavy atom. The SMILES string of the molecule is OCCCC[C@@H](Cc1ccc(F)cc1)[C@@H](CCO)Cc1ccc(F)cc1.OCCCC[C@H](Cc1ccc(F)cc1)[C@H](CCO)Cc1ccc(F)cc1. The van der Waals surface area contributed by atoms with E-state index in [2.05, 4.69) is 0 Å². The molecule has 0 saturated carbocycles. The van der Waals surface area contributed by atoms with Crippen LogP contribution in [0.1, 0.15) is 73.6 Å².